The minimum absolute atomic E-state index is 0.0487. The van der Waals surface area contributed by atoms with Gasteiger partial charge in [-0.15, -0.1) is 0 Å². The SMILES string of the molecule is C[C@@H]1N[PH](=O)OC[C@H]2O[C@@H](n3ccc(=O)[nH]c3=O)[C@](C)(F)[C@@H]2OC(=O)CCCCOC1=O. The quantitative estimate of drug-likeness (QED) is 0.423. The predicted octanol–water partition coefficient (Wildman–Crippen LogP) is 0.185. The monoisotopic (exact) mass is 477 g/mol. The van der Waals surface area contributed by atoms with E-state index in [2.05, 4.69) is 5.09 Å². The Labute approximate surface area is 182 Å². The highest BCUT2D eigenvalue weighted by atomic mass is 31.1. The maximum Gasteiger partial charge on any atom is 0.330 e. The number of H-pyrrole nitrogens is 1. The molecule has 1 unspecified atom stereocenters. The summed E-state index contributed by atoms with van der Waals surface area (Å²) in [6.07, 6.45) is -2.57. The molecular formula is C18H25FN3O9P. The minimum Gasteiger partial charge on any atom is -0.465 e. The lowest BCUT2D eigenvalue weighted by atomic mass is 9.98. The Kier molecular flexibility index (Phi) is 7.65. The van der Waals surface area contributed by atoms with E-state index in [0.29, 0.717) is 12.8 Å². The van der Waals surface area contributed by atoms with Gasteiger partial charge in [0.15, 0.2) is 18.0 Å². The molecule has 3 heterocycles. The van der Waals surface area contributed by atoms with Gasteiger partial charge in [0, 0.05) is 18.7 Å². The van der Waals surface area contributed by atoms with Crippen molar-refractivity contribution in [1.29, 1.82) is 0 Å². The molecular weight excluding hydrogens is 452 g/mol. The molecule has 0 saturated carbocycles. The van der Waals surface area contributed by atoms with Crippen LogP contribution in [0.25, 0.3) is 0 Å². The zero-order valence-electron chi connectivity index (χ0n) is 17.5. The van der Waals surface area contributed by atoms with E-state index in [1.807, 2.05) is 4.98 Å². The number of fused-ring (bicyclic) bond motifs is 1. The smallest absolute Gasteiger partial charge is 0.330 e. The van der Waals surface area contributed by atoms with Gasteiger partial charge in [-0.2, -0.15) is 0 Å². The number of ether oxygens (including phenoxy) is 3. The number of carbonyl (C=O) groups is 2. The molecule has 2 N–H and O–H groups in total. The predicted molar refractivity (Wildman–Crippen MR) is 107 cm³/mol. The first-order valence-electron chi connectivity index (χ1n) is 10.0. The number of halogens is 1. The van der Waals surface area contributed by atoms with E-state index in [-0.39, 0.29) is 13.0 Å². The Bertz CT molecular complexity index is 994. The van der Waals surface area contributed by atoms with Crippen LogP contribution in [0.15, 0.2) is 21.9 Å². The lowest BCUT2D eigenvalue weighted by Gasteiger charge is -2.27. The molecule has 1 aromatic rings. The van der Waals surface area contributed by atoms with Gasteiger partial charge < -0.3 is 18.7 Å². The normalized spacial score (nSPS) is 35.2. The van der Waals surface area contributed by atoms with Crippen LogP contribution in [0, 0.1) is 0 Å². The number of hydrogen-bond donors (Lipinski definition) is 2. The van der Waals surface area contributed by atoms with Gasteiger partial charge >= 0.3 is 17.6 Å². The number of nitrogens with zero attached hydrogens (tertiary/aromatic N) is 1. The average Bonchev–Trinajstić information content (AvgIpc) is 2.95. The van der Waals surface area contributed by atoms with E-state index in [4.69, 9.17) is 18.7 Å². The fourth-order valence-electron chi connectivity index (χ4n) is 3.45. The molecule has 0 radical (unpaired) electrons. The van der Waals surface area contributed by atoms with Crippen molar-refractivity contribution in [2.24, 2.45) is 0 Å². The van der Waals surface area contributed by atoms with Gasteiger partial charge in [-0.25, -0.2) is 14.3 Å². The summed E-state index contributed by atoms with van der Waals surface area (Å²) in [6, 6.07) is 0.108. The number of esters is 2. The maximum absolute atomic E-state index is 15.8. The van der Waals surface area contributed by atoms with Crippen LogP contribution in [0.3, 0.4) is 0 Å². The van der Waals surface area contributed by atoms with Crippen molar-refractivity contribution in [3.8, 4) is 0 Å². The molecule has 2 fully saturated rings. The number of hydrogen-bond acceptors (Lipinski definition) is 9. The highest BCUT2D eigenvalue weighted by Crippen LogP contribution is 2.43. The molecule has 14 heteroatoms. The molecule has 32 heavy (non-hydrogen) atoms. The lowest BCUT2D eigenvalue weighted by Crippen LogP contribution is -2.46. The number of cyclic esters (lactones) is 1. The number of aromatic amines is 1. The van der Waals surface area contributed by atoms with Crippen LogP contribution in [0.4, 0.5) is 4.39 Å². The van der Waals surface area contributed by atoms with E-state index in [1.54, 1.807) is 0 Å². The van der Waals surface area contributed by atoms with Gasteiger partial charge in [-0.05, 0) is 26.7 Å². The van der Waals surface area contributed by atoms with E-state index in [1.165, 1.54) is 6.92 Å². The Morgan fingerprint density at radius 3 is 2.72 bits per heavy atom. The topological polar surface area (TPSA) is 155 Å². The first kappa shape index (κ1) is 24.3. The first-order valence-corrected chi connectivity index (χ1v) is 11.4. The number of carbonyl (C=O) groups excluding carboxylic acids is 2. The van der Waals surface area contributed by atoms with Crippen molar-refractivity contribution in [2.75, 3.05) is 13.2 Å². The third-order valence-corrected chi connectivity index (χ3v) is 6.23. The molecule has 2 aliphatic heterocycles. The Morgan fingerprint density at radius 1 is 1.25 bits per heavy atom. The first-order chi connectivity index (χ1) is 15.1. The summed E-state index contributed by atoms with van der Waals surface area (Å²) < 4.78 is 50.1. The van der Waals surface area contributed by atoms with Crippen LogP contribution in [-0.4, -0.2) is 58.6 Å². The van der Waals surface area contributed by atoms with E-state index < -0.39 is 68.1 Å². The molecule has 2 saturated heterocycles. The van der Waals surface area contributed by atoms with Crippen molar-refractivity contribution in [1.82, 2.24) is 14.6 Å². The molecule has 2 aliphatic rings. The zero-order valence-corrected chi connectivity index (χ0v) is 18.5. The van der Waals surface area contributed by atoms with Crippen molar-refractivity contribution < 1.29 is 37.3 Å². The fourth-order valence-corrected chi connectivity index (χ4v) is 4.32. The summed E-state index contributed by atoms with van der Waals surface area (Å²) >= 11 is 0. The van der Waals surface area contributed by atoms with E-state index >= 15 is 4.39 Å². The van der Waals surface area contributed by atoms with Crippen molar-refractivity contribution >= 4 is 20.1 Å². The number of alkyl halides is 1. The molecule has 0 bridgehead atoms. The molecule has 3 rings (SSSR count). The van der Waals surface area contributed by atoms with Crippen molar-refractivity contribution in [3.63, 3.8) is 0 Å². The molecule has 1 aromatic heterocycles. The van der Waals surface area contributed by atoms with Gasteiger partial charge in [-0.3, -0.25) is 28.5 Å². The summed E-state index contributed by atoms with van der Waals surface area (Å²) in [5.41, 5.74) is -3.98. The number of nitrogens with one attached hydrogen (secondary N) is 2. The lowest BCUT2D eigenvalue weighted by molar-refractivity contribution is -0.158. The van der Waals surface area contributed by atoms with Gasteiger partial charge in [0.1, 0.15) is 12.1 Å². The van der Waals surface area contributed by atoms with Crippen molar-refractivity contribution in [3.05, 3.63) is 33.1 Å². The van der Waals surface area contributed by atoms with Crippen LogP contribution in [0.1, 0.15) is 39.3 Å². The molecule has 0 amide bonds. The third kappa shape index (κ3) is 5.52. The largest absolute Gasteiger partial charge is 0.465 e. The highest BCUT2D eigenvalue weighted by Gasteiger charge is 2.58. The van der Waals surface area contributed by atoms with Gasteiger partial charge in [0.05, 0.1) is 13.2 Å². The van der Waals surface area contributed by atoms with Crippen LogP contribution in [0.2, 0.25) is 0 Å². The Hall–Kier alpha value is -2.34. The zero-order chi connectivity index (χ0) is 23.5. The second-order valence-corrected chi connectivity index (χ2v) is 8.85. The third-order valence-electron chi connectivity index (χ3n) is 5.13. The number of aromatic nitrogens is 2. The number of rotatable bonds is 1. The van der Waals surface area contributed by atoms with E-state index in [9.17, 15) is 23.7 Å². The Morgan fingerprint density at radius 2 is 2.00 bits per heavy atom. The highest BCUT2D eigenvalue weighted by molar-refractivity contribution is 7.36. The fraction of sp³-hybridized carbons (Fsp3) is 0.667. The minimum atomic E-state index is -2.97. The standard InChI is InChI=1S/C18H25FN3O9P/c1-10-15(25)28-8-4-3-5-13(24)31-14-11(9-29-32(27)21-10)30-16(18(14,2)19)22-7-6-12(23)20-17(22)26/h6-7,10-11,14,16,32H,3-5,8-9H2,1-2H3,(H,21,27)(H,20,23,26)/t10-,11+,14+,16+,18+/m0/s1. The summed E-state index contributed by atoms with van der Waals surface area (Å²) in [7, 11) is -2.97. The molecule has 178 valence electrons. The summed E-state index contributed by atoms with van der Waals surface area (Å²) in [5.74, 6) is -1.35. The van der Waals surface area contributed by atoms with Gasteiger partial charge in [-0.1, -0.05) is 0 Å². The van der Waals surface area contributed by atoms with Crippen LogP contribution in [-0.2, 0) is 32.9 Å². The van der Waals surface area contributed by atoms with Gasteiger partial charge in [0.25, 0.3) is 13.7 Å². The second kappa shape index (κ2) is 10.1. The Balaban J connectivity index is 1.87. The van der Waals surface area contributed by atoms with Gasteiger partial charge in [0.2, 0.25) is 0 Å². The average molecular weight is 477 g/mol. The summed E-state index contributed by atoms with van der Waals surface area (Å²) in [6.45, 7) is 2.13. The molecule has 0 aliphatic carbocycles. The maximum atomic E-state index is 15.8. The van der Waals surface area contributed by atoms with Crippen LogP contribution in [0.5, 0.6) is 0 Å². The van der Waals surface area contributed by atoms with E-state index in [0.717, 1.165) is 23.8 Å². The summed E-state index contributed by atoms with van der Waals surface area (Å²) in [4.78, 5) is 49.7. The van der Waals surface area contributed by atoms with Crippen LogP contribution < -0.4 is 16.3 Å². The molecule has 6 atom stereocenters. The molecule has 0 aromatic carbocycles. The molecule has 0 spiro atoms. The molecule has 12 nitrogen and oxygen atoms in total. The van der Waals surface area contributed by atoms with Crippen molar-refractivity contribution in [2.45, 2.75) is 63.3 Å². The summed E-state index contributed by atoms with van der Waals surface area (Å²) in [5, 5.41) is 2.46. The second-order valence-electron chi connectivity index (χ2n) is 7.70. The van der Waals surface area contributed by atoms with Crippen LogP contribution >= 0.6 is 8.18 Å².